The number of methoxy groups -OCH3 is 1. The van der Waals surface area contributed by atoms with Gasteiger partial charge in [0, 0.05) is 7.05 Å². The van der Waals surface area contributed by atoms with E-state index in [9.17, 15) is 9.59 Å². The number of fused-ring (bicyclic) bond motifs is 1. The topological polar surface area (TPSA) is 73.7 Å². The quantitative estimate of drug-likeness (QED) is 0.728. The van der Waals surface area contributed by atoms with E-state index in [1.807, 2.05) is 20.8 Å². The summed E-state index contributed by atoms with van der Waals surface area (Å²) in [6.45, 7) is 6.19. The fraction of sp³-hybridized carbons (Fsp3) is 0.615. The van der Waals surface area contributed by atoms with Gasteiger partial charge in [-0.2, -0.15) is 0 Å². The van der Waals surface area contributed by atoms with Gasteiger partial charge in [0.2, 0.25) is 5.82 Å². The number of carbonyl (C=O) groups is 2. The SMILES string of the molecule is COC(=O)c1nc2c(n1C)CN(C(=O)OC(C)(C)C)C2. The second kappa shape index (κ2) is 4.81. The molecule has 1 aliphatic heterocycles. The van der Waals surface area contributed by atoms with Gasteiger partial charge in [0.05, 0.1) is 31.6 Å². The average molecular weight is 281 g/mol. The molecule has 0 bridgehead atoms. The normalized spacial score (nSPS) is 14.2. The zero-order chi connectivity index (χ0) is 15.1. The predicted octanol–water partition coefficient (Wildman–Crippen LogP) is 1.46. The Morgan fingerprint density at radius 1 is 1.25 bits per heavy atom. The van der Waals surface area contributed by atoms with Crippen molar-refractivity contribution in [3.63, 3.8) is 0 Å². The van der Waals surface area contributed by atoms with E-state index in [0.29, 0.717) is 18.8 Å². The minimum atomic E-state index is -0.531. The number of imidazole rings is 1. The molecule has 110 valence electrons. The van der Waals surface area contributed by atoms with E-state index in [1.165, 1.54) is 7.11 Å². The molecule has 0 saturated heterocycles. The lowest BCUT2D eigenvalue weighted by molar-refractivity contribution is 0.0237. The van der Waals surface area contributed by atoms with Crippen LogP contribution in [-0.4, -0.2) is 39.2 Å². The fourth-order valence-electron chi connectivity index (χ4n) is 2.06. The van der Waals surface area contributed by atoms with Gasteiger partial charge in [-0.1, -0.05) is 0 Å². The zero-order valence-corrected chi connectivity index (χ0v) is 12.4. The molecular formula is C13H19N3O4. The summed E-state index contributed by atoms with van der Waals surface area (Å²) >= 11 is 0. The Bertz CT molecular complexity index is 557. The summed E-state index contributed by atoms with van der Waals surface area (Å²) in [5.41, 5.74) is 1.01. The zero-order valence-electron chi connectivity index (χ0n) is 12.4. The molecule has 0 radical (unpaired) electrons. The molecule has 1 aliphatic rings. The van der Waals surface area contributed by atoms with E-state index in [0.717, 1.165) is 5.69 Å². The number of rotatable bonds is 1. The van der Waals surface area contributed by atoms with Crippen molar-refractivity contribution in [2.45, 2.75) is 39.5 Å². The molecule has 0 unspecified atom stereocenters. The summed E-state index contributed by atoms with van der Waals surface area (Å²) in [4.78, 5) is 29.3. The largest absolute Gasteiger partial charge is 0.463 e. The molecule has 2 heterocycles. The van der Waals surface area contributed by atoms with Crippen LogP contribution >= 0.6 is 0 Å². The highest BCUT2D eigenvalue weighted by Gasteiger charge is 2.32. The number of hydrogen-bond donors (Lipinski definition) is 0. The van der Waals surface area contributed by atoms with Gasteiger partial charge in [-0.05, 0) is 20.8 Å². The predicted molar refractivity (Wildman–Crippen MR) is 70.0 cm³/mol. The number of esters is 1. The van der Waals surface area contributed by atoms with E-state index in [-0.39, 0.29) is 11.9 Å². The first-order valence-corrected chi connectivity index (χ1v) is 6.33. The van der Waals surface area contributed by atoms with Gasteiger partial charge in [0.1, 0.15) is 5.60 Å². The van der Waals surface area contributed by atoms with Crippen molar-refractivity contribution in [1.29, 1.82) is 0 Å². The second-order valence-corrected chi connectivity index (χ2v) is 5.72. The number of nitrogens with zero attached hydrogens (tertiary/aromatic N) is 3. The lowest BCUT2D eigenvalue weighted by atomic mass is 10.2. The van der Waals surface area contributed by atoms with Gasteiger partial charge >= 0.3 is 12.1 Å². The van der Waals surface area contributed by atoms with Crippen LogP contribution in [0.4, 0.5) is 4.79 Å². The first-order chi connectivity index (χ1) is 9.23. The highest BCUT2D eigenvalue weighted by Crippen LogP contribution is 2.25. The van der Waals surface area contributed by atoms with Crippen LogP contribution in [-0.2, 0) is 29.6 Å². The molecule has 0 fully saturated rings. The van der Waals surface area contributed by atoms with Gasteiger partial charge in [0.15, 0.2) is 0 Å². The van der Waals surface area contributed by atoms with Crippen molar-refractivity contribution >= 4 is 12.1 Å². The molecule has 0 atom stereocenters. The first-order valence-electron chi connectivity index (χ1n) is 6.33. The molecule has 0 spiro atoms. The van der Waals surface area contributed by atoms with Crippen LogP contribution < -0.4 is 0 Å². The summed E-state index contributed by atoms with van der Waals surface area (Å²) in [6.07, 6.45) is -0.380. The molecular weight excluding hydrogens is 262 g/mol. The molecule has 7 heteroatoms. The monoisotopic (exact) mass is 281 g/mol. The minimum Gasteiger partial charge on any atom is -0.463 e. The maximum absolute atomic E-state index is 12.0. The van der Waals surface area contributed by atoms with E-state index in [4.69, 9.17) is 4.74 Å². The van der Waals surface area contributed by atoms with Crippen LogP contribution in [0.1, 0.15) is 42.8 Å². The van der Waals surface area contributed by atoms with Crippen LogP contribution in [0.5, 0.6) is 0 Å². The van der Waals surface area contributed by atoms with Crippen molar-refractivity contribution in [3.05, 3.63) is 17.2 Å². The lowest BCUT2D eigenvalue weighted by Crippen LogP contribution is -2.34. The van der Waals surface area contributed by atoms with Crippen molar-refractivity contribution < 1.29 is 19.1 Å². The average Bonchev–Trinajstić information content (AvgIpc) is 2.86. The fourth-order valence-corrected chi connectivity index (χ4v) is 2.06. The number of ether oxygens (including phenoxy) is 2. The number of hydrogen-bond acceptors (Lipinski definition) is 5. The Hall–Kier alpha value is -2.05. The number of aromatic nitrogens is 2. The van der Waals surface area contributed by atoms with Gasteiger partial charge in [-0.15, -0.1) is 0 Å². The minimum absolute atomic E-state index is 0.251. The van der Waals surface area contributed by atoms with Crippen LogP contribution in [0, 0.1) is 0 Å². The van der Waals surface area contributed by atoms with Crippen LogP contribution in [0.15, 0.2) is 0 Å². The highest BCUT2D eigenvalue weighted by molar-refractivity contribution is 5.85. The standard InChI is InChI=1S/C13H19N3O4/c1-13(2,3)20-12(18)16-6-8-9(7-16)15(4)10(14-8)11(17)19-5/h6-7H2,1-5H3. The molecule has 0 saturated carbocycles. The molecule has 0 N–H and O–H groups in total. The second-order valence-electron chi connectivity index (χ2n) is 5.72. The van der Waals surface area contributed by atoms with Crippen molar-refractivity contribution in [3.8, 4) is 0 Å². The molecule has 0 aromatic carbocycles. The smallest absolute Gasteiger partial charge is 0.410 e. The van der Waals surface area contributed by atoms with Crippen LogP contribution in [0.2, 0.25) is 0 Å². The Morgan fingerprint density at radius 3 is 2.40 bits per heavy atom. The van der Waals surface area contributed by atoms with E-state index >= 15 is 0 Å². The molecule has 1 amide bonds. The van der Waals surface area contributed by atoms with Gasteiger partial charge in [-0.3, -0.25) is 4.90 Å². The van der Waals surface area contributed by atoms with Gasteiger partial charge in [0.25, 0.3) is 0 Å². The lowest BCUT2D eigenvalue weighted by Gasteiger charge is -2.24. The van der Waals surface area contributed by atoms with Gasteiger partial charge in [-0.25, -0.2) is 14.6 Å². The van der Waals surface area contributed by atoms with E-state index in [1.54, 1.807) is 16.5 Å². The summed E-state index contributed by atoms with van der Waals surface area (Å²) in [6, 6.07) is 0. The molecule has 1 aromatic rings. The Balaban J connectivity index is 2.13. The van der Waals surface area contributed by atoms with Crippen molar-refractivity contribution in [2.75, 3.05) is 7.11 Å². The summed E-state index contributed by atoms with van der Waals surface area (Å²) < 4.78 is 11.6. The molecule has 2 rings (SSSR count). The maximum Gasteiger partial charge on any atom is 0.410 e. The third-order valence-electron chi connectivity index (χ3n) is 3.00. The Labute approximate surface area is 117 Å². The highest BCUT2D eigenvalue weighted by atomic mass is 16.6. The Kier molecular flexibility index (Phi) is 3.45. The first kappa shape index (κ1) is 14.4. The molecule has 20 heavy (non-hydrogen) atoms. The van der Waals surface area contributed by atoms with Gasteiger partial charge < -0.3 is 14.0 Å². The van der Waals surface area contributed by atoms with E-state index in [2.05, 4.69) is 9.72 Å². The third-order valence-corrected chi connectivity index (χ3v) is 3.00. The van der Waals surface area contributed by atoms with Crippen molar-refractivity contribution in [2.24, 2.45) is 7.05 Å². The summed E-state index contributed by atoms with van der Waals surface area (Å²) in [7, 11) is 3.05. The van der Waals surface area contributed by atoms with Crippen molar-refractivity contribution in [1.82, 2.24) is 14.5 Å². The Morgan fingerprint density at radius 2 is 1.90 bits per heavy atom. The van der Waals surface area contributed by atoms with Crippen LogP contribution in [0.3, 0.4) is 0 Å². The molecule has 7 nitrogen and oxygen atoms in total. The summed E-state index contributed by atoms with van der Waals surface area (Å²) in [5, 5.41) is 0. The summed E-state index contributed by atoms with van der Waals surface area (Å²) in [5.74, 6) is -0.230. The third kappa shape index (κ3) is 2.61. The van der Waals surface area contributed by atoms with E-state index < -0.39 is 11.6 Å². The van der Waals surface area contributed by atoms with Crippen LogP contribution in [0.25, 0.3) is 0 Å². The number of carbonyl (C=O) groups excluding carboxylic acids is 2. The molecule has 0 aliphatic carbocycles. The molecule has 1 aromatic heterocycles. The maximum atomic E-state index is 12.0. The number of amides is 1.